The normalized spacial score (nSPS) is 8.67. The van der Waals surface area contributed by atoms with E-state index in [0.29, 0.717) is 36.5 Å². The summed E-state index contributed by atoms with van der Waals surface area (Å²) < 4.78 is 23.3. The van der Waals surface area contributed by atoms with E-state index in [-0.39, 0.29) is 42.1 Å². The van der Waals surface area contributed by atoms with Crippen LogP contribution in [0.3, 0.4) is 0 Å². The third-order valence-electron chi connectivity index (χ3n) is 3.23. The van der Waals surface area contributed by atoms with Crippen LogP contribution in [0.15, 0.2) is 61.8 Å². The van der Waals surface area contributed by atoms with Crippen LogP contribution in [-0.2, 0) is 47.7 Å². The Morgan fingerprint density at radius 3 is 1.14 bits per heavy atom. The van der Waals surface area contributed by atoms with Gasteiger partial charge in [-0.3, -0.25) is 0 Å². The van der Waals surface area contributed by atoms with Crippen LogP contribution in [0, 0.1) is 0 Å². The highest BCUT2D eigenvalue weighted by Gasteiger charge is 2.04. The summed E-state index contributed by atoms with van der Waals surface area (Å²) in [5.41, 5.74) is 1.36. The topological polar surface area (TPSA) is 132 Å². The van der Waals surface area contributed by atoms with Crippen LogP contribution in [0.4, 0.5) is 0 Å². The van der Waals surface area contributed by atoms with Crippen LogP contribution in [0.5, 0.6) is 0 Å². The molecule has 0 rings (SSSR count). The van der Waals surface area contributed by atoms with Gasteiger partial charge in [-0.15, -0.1) is 0 Å². The van der Waals surface area contributed by atoms with Crippen LogP contribution in [-0.4, -0.2) is 61.9 Å². The molecule has 0 aliphatic heterocycles. The molecule has 42 heavy (non-hydrogen) atoms. The molecular weight excluding hydrogens is 544 g/mol. The molecule has 0 radical (unpaired) electrons. The Morgan fingerprint density at radius 2 is 0.929 bits per heavy atom. The van der Waals surface area contributed by atoms with Crippen LogP contribution >= 0.6 is 0 Å². The molecule has 0 aromatic heterocycles. The lowest BCUT2D eigenvalue weighted by molar-refractivity contribution is -0.143. The summed E-state index contributed by atoms with van der Waals surface area (Å²) in [5.74, 6) is -1.62. The highest BCUT2D eigenvalue weighted by Crippen LogP contribution is 1.96. The Balaban J connectivity index is -0.000000136. The van der Waals surface area contributed by atoms with E-state index in [1.54, 1.807) is 55.4 Å². The van der Waals surface area contributed by atoms with Gasteiger partial charge in [-0.2, -0.15) is 0 Å². The Morgan fingerprint density at radius 1 is 0.571 bits per heavy atom. The summed E-state index contributed by atoms with van der Waals surface area (Å²) in [4.78, 5) is 52.1. The fourth-order valence-electron chi connectivity index (χ4n) is 1.43. The third-order valence-corrected chi connectivity index (χ3v) is 3.23. The smallest absolute Gasteiger partial charge is 0.333 e. The van der Waals surface area contributed by atoms with E-state index in [0.717, 1.165) is 25.0 Å². The van der Waals surface area contributed by atoms with Gasteiger partial charge in [0.25, 0.3) is 0 Å². The molecule has 0 unspecified atom stereocenters. The van der Waals surface area contributed by atoms with Gasteiger partial charge >= 0.3 is 29.8 Å². The van der Waals surface area contributed by atoms with Crippen molar-refractivity contribution >= 4 is 29.8 Å². The van der Waals surface area contributed by atoms with E-state index in [2.05, 4.69) is 47.1 Å². The van der Waals surface area contributed by atoms with Crippen LogP contribution in [0.1, 0.15) is 82.1 Å². The van der Waals surface area contributed by atoms with Gasteiger partial charge in [-0.05, 0) is 68.2 Å². The van der Waals surface area contributed by atoms with Gasteiger partial charge in [0.1, 0.15) is 0 Å². The number of carbonyl (C=O) groups is 5. The zero-order chi connectivity index (χ0) is 34.3. The van der Waals surface area contributed by atoms with Gasteiger partial charge in [0, 0.05) is 28.9 Å². The van der Waals surface area contributed by atoms with Crippen molar-refractivity contribution in [2.45, 2.75) is 94.3 Å². The molecule has 10 heteroatoms. The number of hydrogen-bond acceptors (Lipinski definition) is 10. The molecule has 242 valence electrons. The highest BCUT2D eigenvalue weighted by atomic mass is 16.6. The minimum Gasteiger partial charge on any atom is -0.463 e. The van der Waals surface area contributed by atoms with Gasteiger partial charge < -0.3 is 23.7 Å². The van der Waals surface area contributed by atoms with Gasteiger partial charge in [0.05, 0.1) is 32.0 Å². The maximum absolute atomic E-state index is 10.6. The average Bonchev–Trinajstić information content (AvgIpc) is 2.90. The predicted molar refractivity (Wildman–Crippen MR) is 166 cm³/mol. The molecule has 0 amide bonds. The monoisotopic (exact) mass is 598 g/mol. The second-order valence-corrected chi connectivity index (χ2v) is 8.71. The van der Waals surface area contributed by atoms with Crippen molar-refractivity contribution in [1.82, 2.24) is 0 Å². The SMILES string of the molecule is C=C(C)C(=O)OC(C)C.C=C(C)C(=O)OCC.C=C(C)C(=O)OCCC.C=CC(=O)OC(C)C.C=CC(=O)OCCC. The van der Waals surface area contributed by atoms with E-state index in [4.69, 9.17) is 9.47 Å². The first kappa shape index (κ1) is 47.8. The van der Waals surface area contributed by atoms with Crippen molar-refractivity contribution in [3.63, 3.8) is 0 Å². The molecule has 0 aromatic rings. The number of rotatable bonds is 12. The van der Waals surface area contributed by atoms with Gasteiger partial charge in [0.15, 0.2) is 0 Å². The molecule has 0 N–H and O–H groups in total. The number of ether oxygens (including phenoxy) is 5. The zero-order valence-electron chi connectivity index (χ0n) is 27.5. The molecule has 0 aliphatic rings. The predicted octanol–water partition coefficient (Wildman–Crippen LogP) is 6.41. The van der Waals surface area contributed by atoms with Crippen molar-refractivity contribution in [3.8, 4) is 0 Å². The minimum atomic E-state index is -0.361. The summed E-state index contributed by atoms with van der Waals surface area (Å²) in [6.45, 7) is 35.9. The van der Waals surface area contributed by atoms with Crippen molar-refractivity contribution < 1.29 is 47.7 Å². The van der Waals surface area contributed by atoms with E-state index in [9.17, 15) is 24.0 Å². The second-order valence-electron chi connectivity index (χ2n) is 8.71. The molecule has 0 aromatic carbocycles. The standard InChI is InChI=1S/2C7H12O2.3C6H10O2/c1-5(2)7(8)9-6(3)4;1-4-5-9-7(8)6(2)3;1-4-8-6(7)5(2)3;1-4-6(7)8-5(2)3;1-3-5-8-6(7)4-2/h6H,1H2,2-4H3;2,4-5H2,1,3H3;2,4H2,1,3H3;4-5H,1H2,2-3H3;4H,2-3,5H2,1H3. The number of esters is 5. The van der Waals surface area contributed by atoms with Crippen LogP contribution in [0.2, 0.25) is 0 Å². The van der Waals surface area contributed by atoms with Crippen molar-refractivity contribution in [2.24, 2.45) is 0 Å². The summed E-state index contributed by atoms with van der Waals surface area (Å²) in [7, 11) is 0. The van der Waals surface area contributed by atoms with Crippen molar-refractivity contribution in [2.75, 3.05) is 19.8 Å². The van der Waals surface area contributed by atoms with Crippen LogP contribution < -0.4 is 0 Å². The highest BCUT2D eigenvalue weighted by molar-refractivity contribution is 5.87. The van der Waals surface area contributed by atoms with Gasteiger partial charge in [-0.1, -0.05) is 46.7 Å². The maximum atomic E-state index is 10.6. The minimum absolute atomic E-state index is 0.0412. The largest absolute Gasteiger partial charge is 0.463 e. The Bertz CT molecular complexity index is 849. The Labute approximate surface area is 253 Å². The Kier molecular flexibility index (Phi) is 37.9. The first-order valence-electron chi connectivity index (χ1n) is 13.5. The molecule has 0 bridgehead atoms. The van der Waals surface area contributed by atoms with Crippen LogP contribution in [0.25, 0.3) is 0 Å². The van der Waals surface area contributed by atoms with Gasteiger partial charge in [-0.25, -0.2) is 24.0 Å². The Hall–Kier alpha value is -3.95. The fourth-order valence-corrected chi connectivity index (χ4v) is 1.43. The lowest BCUT2D eigenvalue weighted by Gasteiger charge is -2.05. The summed E-state index contributed by atoms with van der Waals surface area (Å²) in [6.07, 6.45) is 3.95. The van der Waals surface area contributed by atoms with Crippen molar-refractivity contribution in [3.05, 3.63) is 61.8 Å². The molecular formula is C32H54O10. The number of carbonyl (C=O) groups excluding carboxylic acids is 5. The second kappa shape index (κ2) is 33.3. The summed E-state index contributed by atoms with van der Waals surface area (Å²) in [5, 5.41) is 0. The molecule has 0 saturated carbocycles. The fraction of sp³-hybridized carbons (Fsp3) is 0.531. The number of hydrogen-bond donors (Lipinski definition) is 0. The molecule has 0 atom stereocenters. The molecule has 0 heterocycles. The van der Waals surface area contributed by atoms with E-state index in [1.165, 1.54) is 0 Å². The average molecular weight is 599 g/mol. The quantitative estimate of drug-likeness (QED) is 0.141. The molecule has 0 saturated heterocycles. The van der Waals surface area contributed by atoms with Crippen molar-refractivity contribution in [1.29, 1.82) is 0 Å². The van der Waals surface area contributed by atoms with Gasteiger partial charge in [0.2, 0.25) is 0 Å². The molecule has 0 spiro atoms. The van der Waals surface area contributed by atoms with E-state index < -0.39 is 0 Å². The summed E-state index contributed by atoms with van der Waals surface area (Å²) in [6, 6.07) is 0. The zero-order valence-corrected chi connectivity index (χ0v) is 27.5. The third kappa shape index (κ3) is 45.9. The van der Waals surface area contributed by atoms with E-state index in [1.807, 2.05) is 13.8 Å². The first-order chi connectivity index (χ1) is 19.4. The molecule has 0 fully saturated rings. The molecule has 10 nitrogen and oxygen atoms in total. The lowest BCUT2D eigenvalue weighted by Crippen LogP contribution is -2.11. The molecule has 0 aliphatic carbocycles. The summed E-state index contributed by atoms with van der Waals surface area (Å²) >= 11 is 0. The first-order valence-corrected chi connectivity index (χ1v) is 13.5. The maximum Gasteiger partial charge on any atom is 0.333 e. The lowest BCUT2D eigenvalue weighted by atomic mass is 10.3. The van der Waals surface area contributed by atoms with E-state index >= 15 is 0 Å².